The van der Waals surface area contributed by atoms with Crippen LogP contribution in [-0.4, -0.2) is 5.19 Å². The maximum atomic E-state index is 8.23. The average Bonchev–Trinajstić information content (AvgIpc) is 1.38. The summed E-state index contributed by atoms with van der Waals surface area (Å²) in [7, 11) is 5.08. The van der Waals surface area contributed by atoms with Gasteiger partial charge >= 0.3 is 0 Å². The molecule has 1 nitrogen and oxygen atoms in total. The van der Waals surface area contributed by atoms with Crippen molar-refractivity contribution in [1.82, 2.24) is 0 Å². The van der Waals surface area contributed by atoms with Crippen LogP contribution in [0.15, 0.2) is 0 Å². The van der Waals surface area contributed by atoms with Gasteiger partial charge in [0.05, 0.1) is 0 Å². The Hall–Kier alpha value is 0.960. The van der Waals surface area contributed by atoms with Gasteiger partial charge in [-0.3, -0.25) is 0 Å². The third kappa shape index (κ3) is 4.96. The molecule has 0 aliphatic rings. The molecule has 3 unspecified atom stereocenters. The van der Waals surface area contributed by atoms with E-state index in [1.165, 1.54) is 0 Å². The van der Waals surface area contributed by atoms with Crippen LogP contribution >= 0.6 is 26.4 Å². The molecule has 4 heteroatoms. The van der Waals surface area contributed by atoms with Crippen molar-refractivity contribution < 1.29 is 0 Å². The van der Waals surface area contributed by atoms with Crippen LogP contribution in [0, 0.1) is 0 Å². The quantitative estimate of drug-likeness (QED) is 0.370. The van der Waals surface area contributed by atoms with E-state index >= 15 is 0 Å². The minimum absolute atomic E-state index is 0.412. The van der Waals surface area contributed by atoms with Crippen LogP contribution in [0.5, 0.6) is 0 Å². The SMILES string of the molecule is [N-]=C(P)PP. The Bertz CT molecular complexity index is 42.2. The van der Waals surface area contributed by atoms with Gasteiger partial charge in [0, 0.05) is 0 Å². The van der Waals surface area contributed by atoms with Crippen molar-refractivity contribution in [1.29, 1.82) is 0 Å². The molecule has 0 spiro atoms. The number of hydrogen-bond acceptors (Lipinski definition) is 0. The van der Waals surface area contributed by atoms with E-state index in [-0.39, 0.29) is 0 Å². The van der Waals surface area contributed by atoms with Gasteiger partial charge in [0.15, 0.2) is 0 Å². The lowest BCUT2D eigenvalue weighted by atomic mass is 11.7. The van der Waals surface area contributed by atoms with Gasteiger partial charge in [-0.15, -0.1) is 18.2 Å². The molecule has 0 aliphatic carbocycles. The summed E-state index contributed by atoms with van der Waals surface area (Å²) in [5.41, 5.74) is 0. The highest BCUT2D eigenvalue weighted by Gasteiger charge is 1.57. The van der Waals surface area contributed by atoms with Crippen molar-refractivity contribution in [2.24, 2.45) is 0 Å². The molecule has 3 atom stereocenters. The summed E-state index contributed by atoms with van der Waals surface area (Å²) in [5.74, 6) is 0. The first kappa shape index (κ1) is 5.96. The fourth-order valence-electron chi connectivity index (χ4n) is 0. The van der Waals surface area contributed by atoms with E-state index in [9.17, 15) is 0 Å². The molecule has 30 valence electrons. The predicted molar refractivity (Wildman–Crippen MR) is 36.1 cm³/mol. The molecule has 0 aromatic heterocycles. The van der Waals surface area contributed by atoms with Gasteiger partial charge < -0.3 is 5.41 Å². The van der Waals surface area contributed by atoms with E-state index in [1.807, 2.05) is 0 Å². The van der Waals surface area contributed by atoms with Gasteiger partial charge in [0.25, 0.3) is 0 Å². The van der Waals surface area contributed by atoms with Gasteiger partial charge in [-0.25, -0.2) is 0 Å². The van der Waals surface area contributed by atoms with Crippen molar-refractivity contribution in [2.45, 2.75) is 0 Å². The Labute approximate surface area is 37.9 Å². The van der Waals surface area contributed by atoms with Crippen LogP contribution in [0.1, 0.15) is 0 Å². The minimum Gasteiger partial charge on any atom is -0.803 e. The molecule has 0 radical (unpaired) electrons. The van der Waals surface area contributed by atoms with Gasteiger partial charge in [0.1, 0.15) is 0 Å². The first-order valence-electron chi connectivity index (χ1n) is 1.05. The Morgan fingerprint density at radius 2 is 2.00 bits per heavy atom. The van der Waals surface area contributed by atoms with Crippen molar-refractivity contribution in [2.75, 3.05) is 0 Å². The molecule has 0 fully saturated rings. The van der Waals surface area contributed by atoms with Crippen molar-refractivity contribution in [3.63, 3.8) is 0 Å². The minimum atomic E-state index is 0.412. The maximum Gasteiger partial charge on any atom is -0.0957 e. The molecule has 0 N–H and O–H groups in total. The summed E-state index contributed by atoms with van der Waals surface area (Å²) in [5, 5.41) is 8.64. The van der Waals surface area contributed by atoms with E-state index in [0.717, 1.165) is 0 Å². The molecule has 0 heterocycles. The Kier molecular flexibility index (Phi) is 3.77. The Morgan fingerprint density at radius 1 is 1.80 bits per heavy atom. The van der Waals surface area contributed by atoms with Crippen LogP contribution in [0.25, 0.3) is 5.41 Å². The number of rotatable bonds is 1. The van der Waals surface area contributed by atoms with E-state index in [4.69, 9.17) is 5.41 Å². The lowest BCUT2D eigenvalue weighted by Crippen LogP contribution is -1.50. The third-order valence-corrected chi connectivity index (χ3v) is 2.83. The second-order valence-electron chi connectivity index (χ2n) is 0.530. The molecule has 0 saturated carbocycles. The van der Waals surface area contributed by atoms with Crippen LogP contribution < -0.4 is 0 Å². The fraction of sp³-hybridized carbons (Fsp3) is 0. The average molecular weight is 124 g/mol. The molecule has 0 aromatic rings. The zero-order valence-electron chi connectivity index (χ0n) is 2.60. The molecular weight excluding hydrogens is 119 g/mol. The summed E-state index contributed by atoms with van der Waals surface area (Å²) >= 11 is 0. The van der Waals surface area contributed by atoms with E-state index in [0.29, 0.717) is 13.5 Å². The van der Waals surface area contributed by atoms with E-state index in [1.54, 1.807) is 0 Å². The number of hydrogen-bond donors (Lipinski definition) is 0. The number of nitrogens with zero attached hydrogens (tertiary/aromatic N) is 1. The summed E-state index contributed by atoms with van der Waals surface area (Å²) in [6, 6.07) is 0. The first-order chi connectivity index (χ1) is 2.27. The lowest BCUT2D eigenvalue weighted by molar-refractivity contribution is 3.02. The summed E-state index contributed by atoms with van der Waals surface area (Å²) < 4.78 is 0. The highest BCUT2D eigenvalue weighted by atomic mass is 32.0. The molecule has 0 amide bonds. The second kappa shape index (κ2) is 3.16. The van der Waals surface area contributed by atoms with Gasteiger partial charge in [-0.05, 0) is 0 Å². The van der Waals surface area contributed by atoms with Crippen molar-refractivity contribution >= 4 is 31.6 Å². The van der Waals surface area contributed by atoms with Crippen molar-refractivity contribution in [3.8, 4) is 0 Å². The highest BCUT2D eigenvalue weighted by molar-refractivity contribution is 8.17. The van der Waals surface area contributed by atoms with Crippen LogP contribution in [0.3, 0.4) is 0 Å². The van der Waals surface area contributed by atoms with Gasteiger partial charge in [0.2, 0.25) is 0 Å². The molecule has 0 saturated heterocycles. The fourth-order valence-corrected chi connectivity index (χ4v) is 0. The summed E-state index contributed by atoms with van der Waals surface area (Å²) in [6.07, 6.45) is 0. The van der Waals surface area contributed by atoms with Gasteiger partial charge in [-0.2, -0.15) is 5.19 Å². The van der Waals surface area contributed by atoms with Crippen molar-refractivity contribution in [3.05, 3.63) is 5.41 Å². The van der Waals surface area contributed by atoms with E-state index in [2.05, 4.69) is 18.2 Å². The summed E-state index contributed by atoms with van der Waals surface area (Å²) in [4.78, 5) is 0. The monoisotopic (exact) mass is 124 g/mol. The molecular formula is CH5NP3-. The normalized spacial score (nSPS) is 10.0. The highest BCUT2D eigenvalue weighted by Crippen LogP contribution is 2.24. The third-order valence-electron chi connectivity index (χ3n) is 0.148. The van der Waals surface area contributed by atoms with Crippen LogP contribution in [0.4, 0.5) is 0 Å². The Balaban J connectivity index is 2.85. The standard InChI is InChI=1S/CH5NP3/c2-1(3)5-4/h5H,3-4H2/q-1. The zero-order valence-corrected chi connectivity index (χ0v) is 5.91. The van der Waals surface area contributed by atoms with E-state index < -0.39 is 0 Å². The predicted octanol–water partition coefficient (Wildman–Crippen LogP) is 1.26. The van der Waals surface area contributed by atoms with Crippen LogP contribution in [-0.2, 0) is 0 Å². The molecule has 5 heavy (non-hydrogen) atoms. The zero-order chi connectivity index (χ0) is 4.28. The molecule has 0 rings (SSSR count). The van der Waals surface area contributed by atoms with Crippen LogP contribution in [0.2, 0.25) is 0 Å². The second-order valence-corrected chi connectivity index (χ2v) is 3.32. The smallest absolute Gasteiger partial charge is 0.0957 e. The maximum absolute atomic E-state index is 8.23. The molecule has 0 aliphatic heterocycles. The Morgan fingerprint density at radius 3 is 2.00 bits per heavy atom. The lowest BCUT2D eigenvalue weighted by Gasteiger charge is -1.93. The summed E-state index contributed by atoms with van der Waals surface area (Å²) in [6.45, 7) is 0. The molecule has 0 aromatic carbocycles. The largest absolute Gasteiger partial charge is 0.803 e. The first-order valence-corrected chi connectivity index (χ1v) is 4.44. The van der Waals surface area contributed by atoms with Gasteiger partial charge in [-0.1, -0.05) is 8.27 Å². The topological polar surface area (TPSA) is 22.3 Å². The molecule has 0 bridgehead atoms.